The maximum Gasteiger partial charge on any atom is 0.241 e. The monoisotopic (exact) mass is 554 g/mol. The van der Waals surface area contributed by atoms with Crippen molar-refractivity contribution >= 4 is 30.8 Å². The lowest BCUT2D eigenvalue weighted by atomic mass is 10.0. The predicted molar refractivity (Wildman–Crippen MR) is 146 cm³/mol. The molecule has 4 rings (SSSR count). The van der Waals surface area contributed by atoms with E-state index < -0.39 is 44.3 Å². The fourth-order valence-electron chi connectivity index (χ4n) is 4.34. The van der Waals surface area contributed by atoms with Gasteiger partial charge in [0.1, 0.15) is 0 Å². The number of hydrogen-bond donors (Lipinski definition) is 4. The van der Waals surface area contributed by atoms with E-state index in [1.165, 1.54) is 36.4 Å². The Morgan fingerprint density at radius 2 is 0.868 bits per heavy atom. The molecule has 200 valence electrons. The van der Waals surface area contributed by atoms with Crippen LogP contribution >= 0.6 is 0 Å². The van der Waals surface area contributed by atoms with E-state index in [2.05, 4.69) is 9.44 Å². The van der Waals surface area contributed by atoms with Crippen LogP contribution in [0.25, 0.3) is 10.8 Å². The third kappa shape index (κ3) is 5.96. The van der Waals surface area contributed by atoms with Gasteiger partial charge in [0.2, 0.25) is 20.0 Å². The highest BCUT2D eigenvalue weighted by Gasteiger charge is 2.28. The SMILES string of the molecule is C[C@H](NS(=O)(=O)c1cccc2c(S(=O)(=O)N[C@@H](C)[C@H](O)c3ccccc3)cccc12)[C@H](O)c1ccccc1. The van der Waals surface area contributed by atoms with Crippen molar-refractivity contribution in [2.45, 2.75) is 47.9 Å². The second-order valence-corrected chi connectivity index (χ2v) is 12.5. The topological polar surface area (TPSA) is 133 Å². The van der Waals surface area contributed by atoms with Crippen molar-refractivity contribution in [3.8, 4) is 0 Å². The smallest absolute Gasteiger partial charge is 0.241 e. The van der Waals surface area contributed by atoms with E-state index in [1.54, 1.807) is 74.5 Å². The fraction of sp³-hybridized carbons (Fsp3) is 0.214. The number of benzene rings is 4. The van der Waals surface area contributed by atoms with Crippen molar-refractivity contribution in [2.24, 2.45) is 0 Å². The molecule has 0 saturated heterocycles. The van der Waals surface area contributed by atoms with Crippen molar-refractivity contribution < 1.29 is 27.0 Å². The van der Waals surface area contributed by atoms with Crippen LogP contribution in [0.1, 0.15) is 37.2 Å². The molecule has 0 radical (unpaired) electrons. The zero-order valence-electron chi connectivity index (χ0n) is 20.9. The van der Waals surface area contributed by atoms with Gasteiger partial charge in [-0.25, -0.2) is 26.3 Å². The molecule has 0 bridgehead atoms. The highest BCUT2D eigenvalue weighted by molar-refractivity contribution is 7.90. The summed E-state index contributed by atoms with van der Waals surface area (Å²) >= 11 is 0. The quantitative estimate of drug-likeness (QED) is 0.237. The number of rotatable bonds is 10. The Balaban J connectivity index is 1.64. The minimum atomic E-state index is -4.14. The van der Waals surface area contributed by atoms with Crippen LogP contribution in [0.3, 0.4) is 0 Å². The van der Waals surface area contributed by atoms with Crippen molar-refractivity contribution in [3.05, 3.63) is 108 Å². The third-order valence-electron chi connectivity index (χ3n) is 6.33. The molecule has 0 aromatic heterocycles. The zero-order valence-corrected chi connectivity index (χ0v) is 22.5. The standard InChI is InChI=1S/C28H30N2O6S2/c1-19(27(31)21-11-5-3-6-12-21)29-37(33,34)25-17-9-16-24-23(25)15-10-18-26(24)38(35,36)30-20(2)28(32)22-13-7-4-8-14-22/h3-20,27-32H,1-2H3/t19-,20-,27-,28-/m0/s1. The summed E-state index contributed by atoms with van der Waals surface area (Å²) in [6.45, 7) is 3.11. The number of sulfonamides is 2. The van der Waals surface area contributed by atoms with Gasteiger partial charge in [0.05, 0.1) is 22.0 Å². The molecule has 0 heterocycles. The summed E-state index contributed by atoms with van der Waals surface area (Å²) in [7, 11) is -8.28. The summed E-state index contributed by atoms with van der Waals surface area (Å²) in [6.07, 6.45) is -2.17. The van der Waals surface area contributed by atoms with Gasteiger partial charge in [0.25, 0.3) is 0 Å². The maximum atomic E-state index is 13.4. The third-order valence-corrected chi connectivity index (χ3v) is 9.57. The van der Waals surface area contributed by atoms with E-state index in [9.17, 15) is 27.0 Å². The summed E-state index contributed by atoms with van der Waals surface area (Å²) in [5, 5.41) is 21.7. The predicted octanol–water partition coefficient (Wildman–Crippen LogP) is 3.64. The van der Waals surface area contributed by atoms with Gasteiger partial charge >= 0.3 is 0 Å². The molecule has 0 aliphatic carbocycles. The Morgan fingerprint density at radius 1 is 0.526 bits per heavy atom. The summed E-state index contributed by atoms with van der Waals surface area (Å²) in [5.41, 5.74) is 1.12. The molecule has 0 unspecified atom stereocenters. The molecular weight excluding hydrogens is 524 g/mol. The van der Waals surface area contributed by atoms with Crippen LogP contribution in [0.4, 0.5) is 0 Å². The van der Waals surface area contributed by atoms with Gasteiger partial charge in [0, 0.05) is 22.9 Å². The average molecular weight is 555 g/mol. The van der Waals surface area contributed by atoms with Crippen molar-refractivity contribution in [3.63, 3.8) is 0 Å². The fourth-order valence-corrected chi connectivity index (χ4v) is 7.29. The van der Waals surface area contributed by atoms with Gasteiger partial charge in [-0.05, 0) is 37.1 Å². The Bertz CT molecular complexity index is 1490. The first-order valence-electron chi connectivity index (χ1n) is 12.0. The van der Waals surface area contributed by atoms with Crippen LogP contribution in [0, 0.1) is 0 Å². The van der Waals surface area contributed by atoms with Crippen molar-refractivity contribution in [1.29, 1.82) is 0 Å². The van der Waals surface area contributed by atoms with E-state index >= 15 is 0 Å². The molecule has 0 aliphatic heterocycles. The molecule has 4 atom stereocenters. The number of fused-ring (bicyclic) bond motifs is 1. The molecule has 4 aromatic carbocycles. The normalized spacial score (nSPS) is 15.6. The van der Waals surface area contributed by atoms with Gasteiger partial charge in [-0.3, -0.25) is 0 Å². The van der Waals surface area contributed by atoms with Crippen LogP contribution in [-0.2, 0) is 20.0 Å². The molecule has 0 amide bonds. The molecule has 0 fully saturated rings. The molecule has 8 nitrogen and oxygen atoms in total. The number of aliphatic hydroxyl groups is 2. The van der Waals surface area contributed by atoms with Crippen molar-refractivity contribution in [2.75, 3.05) is 0 Å². The molecule has 0 saturated carbocycles. The maximum absolute atomic E-state index is 13.4. The molecule has 10 heteroatoms. The Morgan fingerprint density at radius 3 is 1.21 bits per heavy atom. The molecule has 0 aliphatic rings. The zero-order chi connectivity index (χ0) is 27.5. The van der Waals surface area contributed by atoms with E-state index in [0.717, 1.165) is 0 Å². The second kappa shape index (κ2) is 11.3. The van der Waals surface area contributed by atoms with Crippen LogP contribution in [0.5, 0.6) is 0 Å². The minimum absolute atomic E-state index is 0.114. The van der Waals surface area contributed by atoms with Gasteiger partial charge < -0.3 is 10.2 Å². The molecule has 4 N–H and O–H groups in total. The number of aliphatic hydroxyl groups excluding tert-OH is 2. The van der Waals surface area contributed by atoms with E-state index in [0.29, 0.717) is 11.1 Å². The van der Waals surface area contributed by atoms with Crippen LogP contribution < -0.4 is 9.44 Å². The molecular formula is C28H30N2O6S2. The summed E-state index contributed by atoms with van der Waals surface area (Å²) in [6, 6.07) is 24.5. The first kappa shape index (κ1) is 27.9. The van der Waals surface area contributed by atoms with Crippen molar-refractivity contribution in [1.82, 2.24) is 9.44 Å². The second-order valence-electron chi connectivity index (χ2n) is 9.14. The Kier molecular flexibility index (Phi) is 8.31. The first-order valence-corrected chi connectivity index (χ1v) is 15.0. The minimum Gasteiger partial charge on any atom is -0.387 e. The van der Waals surface area contributed by atoms with Crippen LogP contribution in [-0.4, -0.2) is 39.1 Å². The van der Waals surface area contributed by atoms with E-state index in [1.807, 2.05) is 0 Å². The largest absolute Gasteiger partial charge is 0.387 e. The van der Waals surface area contributed by atoms with Crippen LogP contribution in [0.2, 0.25) is 0 Å². The lowest BCUT2D eigenvalue weighted by molar-refractivity contribution is 0.146. The molecule has 4 aromatic rings. The first-order chi connectivity index (χ1) is 18.0. The average Bonchev–Trinajstić information content (AvgIpc) is 2.91. The summed E-state index contributed by atoms with van der Waals surface area (Å²) in [4.78, 5) is -0.229. The van der Waals surface area contributed by atoms with E-state index in [-0.39, 0.29) is 20.6 Å². The van der Waals surface area contributed by atoms with Gasteiger partial charge in [-0.15, -0.1) is 0 Å². The van der Waals surface area contributed by atoms with Gasteiger partial charge in [-0.1, -0.05) is 84.9 Å². The highest BCUT2D eigenvalue weighted by Crippen LogP contribution is 2.30. The van der Waals surface area contributed by atoms with Gasteiger partial charge in [0.15, 0.2) is 0 Å². The summed E-state index contributed by atoms with van der Waals surface area (Å²) in [5.74, 6) is 0. The van der Waals surface area contributed by atoms with E-state index in [4.69, 9.17) is 0 Å². The Hall–Kier alpha value is -3.12. The lowest BCUT2D eigenvalue weighted by Gasteiger charge is -2.22. The molecule has 38 heavy (non-hydrogen) atoms. The number of hydrogen-bond acceptors (Lipinski definition) is 6. The molecule has 0 spiro atoms. The lowest BCUT2D eigenvalue weighted by Crippen LogP contribution is -2.37. The van der Waals surface area contributed by atoms with Crippen LogP contribution in [0.15, 0.2) is 107 Å². The van der Waals surface area contributed by atoms with Gasteiger partial charge in [-0.2, -0.15) is 0 Å². The Labute approximate surface area is 223 Å². The summed E-state index contributed by atoms with van der Waals surface area (Å²) < 4.78 is 58.4. The number of nitrogens with one attached hydrogen (secondary N) is 2. The highest BCUT2D eigenvalue weighted by atomic mass is 32.2.